The Balaban J connectivity index is 1.03. The second kappa shape index (κ2) is 13.1. The number of hydrogen-bond acceptors (Lipinski definition) is 12. The van der Waals surface area contributed by atoms with Gasteiger partial charge in [-0.15, -0.1) is 0 Å². The lowest BCUT2D eigenvalue weighted by Gasteiger charge is -2.63. The molecule has 4 saturated heterocycles. The van der Waals surface area contributed by atoms with Crippen LogP contribution in [0.1, 0.15) is 92.4 Å². The fourth-order valence-corrected chi connectivity index (χ4v) is 13.0. The molecule has 6 N–H and O–H groups in total. The summed E-state index contributed by atoms with van der Waals surface area (Å²) < 4.78 is 38.1. The number of ether oxygens (including phenoxy) is 6. The third-order valence-electron chi connectivity index (χ3n) is 15.8. The Morgan fingerprint density at radius 3 is 2.24 bits per heavy atom. The van der Waals surface area contributed by atoms with Gasteiger partial charge in [-0.2, -0.15) is 0 Å². The lowest BCUT2D eigenvalue weighted by atomic mass is 9.43. The van der Waals surface area contributed by atoms with Gasteiger partial charge in [-0.25, -0.2) is 0 Å². The lowest BCUT2D eigenvalue weighted by Crippen LogP contribution is -2.64. The van der Waals surface area contributed by atoms with Crippen LogP contribution in [0.3, 0.4) is 0 Å². The van der Waals surface area contributed by atoms with Gasteiger partial charge in [0, 0.05) is 18.8 Å². The van der Waals surface area contributed by atoms with Crippen LogP contribution >= 0.6 is 0 Å². The molecule has 0 aromatic rings. The molecule has 4 heterocycles. The van der Waals surface area contributed by atoms with E-state index in [0.717, 1.165) is 58.0 Å². The molecular formula is C38H62O12. The van der Waals surface area contributed by atoms with E-state index in [0.29, 0.717) is 41.9 Å². The smallest absolute Gasteiger partial charge is 0.187 e. The number of hydrogen-bond donors (Lipinski definition) is 6. The topological polar surface area (TPSA) is 177 Å². The van der Waals surface area contributed by atoms with Crippen molar-refractivity contribution in [3.8, 4) is 0 Å². The maximum atomic E-state index is 11.2. The van der Waals surface area contributed by atoms with E-state index in [1.54, 1.807) is 6.92 Å². The Morgan fingerprint density at radius 1 is 0.720 bits per heavy atom. The van der Waals surface area contributed by atoms with Gasteiger partial charge in [0.1, 0.15) is 36.6 Å². The SMILES string of the molecule is CC1CC[C@@]2(OC1)O[C@H]1C[C@H]3[C@@H]4CCC5C[C@@H](O)C[C@H](O[C@@H]6OC[C@@H](O)[C@H](O)[C@H]6O[C@@H]6O[C@@H](C)[C@H](O)[C@@H](O)[C@H]6O)[C@]5(C)[C@H]4CC[C@]3(C)[C@H]1[C@@H]2C. The Kier molecular flexibility index (Phi) is 9.55. The molecule has 0 aromatic carbocycles. The summed E-state index contributed by atoms with van der Waals surface area (Å²) in [6.45, 7) is 11.6. The van der Waals surface area contributed by atoms with Crippen molar-refractivity contribution in [3.05, 3.63) is 0 Å². The van der Waals surface area contributed by atoms with Crippen LogP contribution in [-0.4, -0.2) is 123 Å². The van der Waals surface area contributed by atoms with Crippen molar-refractivity contribution in [2.45, 2.75) is 172 Å². The summed E-state index contributed by atoms with van der Waals surface area (Å²) in [5.41, 5.74) is -0.112. The van der Waals surface area contributed by atoms with Crippen LogP contribution in [0.2, 0.25) is 0 Å². The second-order valence-corrected chi connectivity index (χ2v) is 18.3. The molecule has 8 fully saturated rings. The average Bonchev–Trinajstić information content (AvgIpc) is 3.53. The first-order valence-electron chi connectivity index (χ1n) is 19.7. The van der Waals surface area contributed by atoms with Crippen molar-refractivity contribution in [2.75, 3.05) is 13.2 Å². The van der Waals surface area contributed by atoms with E-state index in [1.165, 1.54) is 0 Å². The molecule has 12 nitrogen and oxygen atoms in total. The van der Waals surface area contributed by atoms with Crippen LogP contribution in [0.15, 0.2) is 0 Å². The van der Waals surface area contributed by atoms with Gasteiger partial charge in [0.25, 0.3) is 0 Å². The molecule has 4 aliphatic heterocycles. The number of aliphatic hydroxyl groups is 6. The monoisotopic (exact) mass is 710 g/mol. The third kappa shape index (κ3) is 5.52. The minimum atomic E-state index is -1.59. The van der Waals surface area contributed by atoms with E-state index in [9.17, 15) is 30.6 Å². The molecule has 1 spiro atoms. The average molecular weight is 711 g/mol. The zero-order chi connectivity index (χ0) is 35.5. The minimum absolute atomic E-state index is 0.163. The molecule has 0 bridgehead atoms. The maximum Gasteiger partial charge on any atom is 0.187 e. The van der Waals surface area contributed by atoms with Crippen molar-refractivity contribution < 1.29 is 59.1 Å². The molecule has 8 rings (SSSR count). The van der Waals surface area contributed by atoms with E-state index >= 15 is 0 Å². The summed E-state index contributed by atoms with van der Waals surface area (Å²) >= 11 is 0. The quantitative estimate of drug-likeness (QED) is 0.251. The van der Waals surface area contributed by atoms with E-state index < -0.39 is 73.3 Å². The van der Waals surface area contributed by atoms with Crippen LogP contribution in [0.5, 0.6) is 0 Å². The molecule has 0 radical (unpaired) electrons. The van der Waals surface area contributed by atoms with E-state index in [2.05, 4.69) is 27.7 Å². The summed E-state index contributed by atoms with van der Waals surface area (Å²) in [5, 5.41) is 64.2. The molecule has 8 aliphatic rings. The molecular weight excluding hydrogens is 648 g/mol. The van der Waals surface area contributed by atoms with Gasteiger partial charge in [-0.1, -0.05) is 27.7 Å². The highest BCUT2D eigenvalue weighted by Crippen LogP contribution is 2.71. The Hall–Kier alpha value is -0.480. The van der Waals surface area contributed by atoms with Crippen LogP contribution in [0, 0.1) is 52.3 Å². The predicted molar refractivity (Wildman–Crippen MR) is 177 cm³/mol. The summed E-state index contributed by atoms with van der Waals surface area (Å²) in [7, 11) is 0. The van der Waals surface area contributed by atoms with Crippen molar-refractivity contribution >= 4 is 0 Å². The normalized spacial score (nSPS) is 60.9. The highest BCUT2D eigenvalue weighted by atomic mass is 16.8. The molecule has 12 heteroatoms. The van der Waals surface area contributed by atoms with Gasteiger partial charge >= 0.3 is 0 Å². The fourth-order valence-electron chi connectivity index (χ4n) is 13.0. The minimum Gasteiger partial charge on any atom is -0.393 e. The molecule has 0 aromatic heterocycles. The number of rotatable bonds is 4. The highest BCUT2D eigenvalue weighted by Gasteiger charge is 2.70. The first kappa shape index (κ1) is 36.5. The number of fused-ring (bicyclic) bond motifs is 7. The van der Waals surface area contributed by atoms with Crippen LogP contribution in [0.4, 0.5) is 0 Å². The summed E-state index contributed by atoms with van der Waals surface area (Å²) in [5.74, 6) is 2.58. The van der Waals surface area contributed by atoms with Gasteiger partial charge in [-0.05, 0) is 98.2 Å². The molecule has 0 amide bonds. The van der Waals surface area contributed by atoms with Crippen LogP contribution < -0.4 is 0 Å². The van der Waals surface area contributed by atoms with Crippen molar-refractivity contribution in [1.82, 2.24) is 0 Å². The summed E-state index contributed by atoms with van der Waals surface area (Å²) in [6, 6.07) is 0. The fraction of sp³-hybridized carbons (Fsp3) is 1.00. The van der Waals surface area contributed by atoms with E-state index in [4.69, 9.17) is 28.4 Å². The first-order valence-corrected chi connectivity index (χ1v) is 19.7. The predicted octanol–water partition coefficient (Wildman–Crippen LogP) is 2.08. The van der Waals surface area contributed by atoms with Crippen LogP contribution in [-0.2, 0) is 28.4 Å². The second-order valence-electron chi connectivity index (χ2n) is 18.3. The Morgan fingerprint density at radius 2 is 1.50 bits per heavy atom. The zero-order valence-electron chi connectivity index (χ0n) is 30.4. The first-order chi connectivity index (χ1) is 23.7. The number of aliphatic hydroxyl groups excluding tert-OH is 6. The van der Waals surface area contributed by atoms with Gasteiger partial charge < -0.3 is 59.1 Å². The Labute approximate surface area is 296 Å². The van der Waals surface area contributed by atoms with Gasteiger partial charge in [-0.3, -0.25) is 0 Å². The van der Waals surface area contributed by atoms with Crippen molar-refractivity contribution in [2.24, 2.45) is 52.3 Å². The van der Waals surface area contributed by atoms with Crippen molar-refractivity contribution in [1.29, 1.82) is 0 Å². The maximum absolute atomic E-state index is 11.2. The molecule has 50 heavy (non-hydrogen) atoms. The molecule has 2 unspecified atom stereocenters. The van der Waals surface area contributed by atoms with E-state index in [-0.39, 0.29) is 29.5 Å². The lowest BCUT2D eigenvalue weighted by molar-refractivity contribution is -0.366. The van der Waals surface area contributed by atoms with E-state index in [1.807, 2.05) is 0 Å². The van der Waals surface area contributed by atoms with Gasteiger partial charge in [0.15, 0.2) is 18.4 Å². The molecule has 22 atom stereocenters. The van der Waals surface area contributed by atoms with Crippen LogP contribution in [0.25, 0.3) is 0 Å². The highest BCUT2D eigenvalue weighted by molar-refractivity contribution is 5.16. The standard InChI is InChI=1S/C38H62O12/c1-17-8-11-38(46-15-17)18(2)28-26(50-38)14-24-22-7-6-20-12-21(39)13-27(37(20,5)23(22)9-10-36(24,28)4)48-35-33(30(42)25(40)16-45-35)49-34-32(44)31(43)29(41)19(3)47-34/h17-35,39-44H,6-16H2,1-5H3/t17?,18-,19-,20?,21+,22+,23-,24-,25+,26-,27-,28-,29-,30-,31+,32+,33+,34-,35-,36-,37-,38+/m0/s1. The molecule has 286 valence electrons. The largest absolute Gasteiger partial charge is 0.393 e. The summed E-state index contributed by atoms with van der Waals surface area (Å²) in [4.78, 5) is 0. The summed E-state index contributed by atoms with van der Waals surface area (Å²) in [6.07, 6.45) is -3.88. The Bertz CT molecular complexity index is 1230. The van der Waals surface area contributed by atoms with Gasteiger partial charge in [0.05, 0.1) is 37.6 Å². The van der Waals surface area contributed by atoms with Crippen molar-refractivity contribution in [3.63, 3.8) is 0 Å². The molecule has 4 saturated carbocycles. The van der Waals surface area contributed by atoms with Gasteiger partial charge in [0.2, 0.25) is 0 Å². The third-order valence-corrected chi connectivity index (χ3v) is 15.8. The zero-order valence-corrected chi connectivity index (χ0v) is 30.4. The molecule has 4 aliphatic carbocycles.